The SMILES string of the molecule is O=C(Cn1nnc(-c2ccccc2)n1)NN=Cc1ccc(Br)o1. The van der Waals surface area contributed by atoms with Crippen LogP contribution in [-0.2, 0) is 11.3 Å². The predicted molar refractivity (Wildman–Crippen MR) is 85.4 cm³/mol. The Balaban J connectivity index is 1.56. The smallest absolute Gasteiger partial charge is 0.263 e. The molecule has 0 aliphatic carbocycles. The summed E-state index contributed by atoms with van der Waals surface area (Å²) in [4.78, 5) is 13.0. The minimum Gasteiger partial charge on any atom is -0.448 e. The summed E-state index contributed by atoms with van der Waals surface area (Å²) in [7, 11) is 0. The van der Waals surface area contributed by atoms with Gasteiger partial charge in [-0.05, 0) is 33.3 Å². The normalized spacial score (nSPS) is 11.0. The fourth-order valence-corrected chi connectivity index (χ4v) is 2.06. The maximum Gasteiger partial charge on any atom is 0.263 e. The summed E-state index contributed by atoms with van der Waals surface area (Å²) in [6.45, 7) is -0.0843. The lowest BCUT2D eigenvalue weighted by atomic mass is 10.2. The van der Waals surface area contributed by atoms with Crippen molar-refractivity contribution in [2.75, 3.05) is 0 Å². The molecule has 0 saturated heterocycles. The number of furan rings is 1. The Morgan fingerprint density at radius 3 is 2.87 bits per heavy atom. The van der Waals surface area contributed by atoms with Crippen LogP contribution in [0.25, 0.3) is 11.4 Å². The highest BCUT2D eigenvalue weighted by Gasteiger charge is 2.08. The Bertz CT molecular complexity index is 827. The minimum absolute atomic E-state index is 0.0843. The molecule has 116 valence electrons. The molecule has 0 spiro atoms. The highest BCUT2D eigenvalue weighted by Crippen LogP contribution is 2.12. The summed E-state index contributed by atoms with van der Waals surface area (Å²) in [5.74, 6) is 0.605. The number of hydrogen-bond donors (Lipinski definition) is 1. The largest absolute Gasteiger partial charge is 0.448 e. The van der Waals surface area contributed by atoms with Gasteiger partial charge in [0.15, 0.2) is 4.67 Å². The third-order valence-electron chi connectivity index (χ3n) is 2.74. The molecule has 9 heteroatoms. The van der Waals surface area contributed by atoms with Gasteiger partial charge in [-0.25, -0.2) is 5.43 Å². The van der Waals surface area contributed by atoms with Crippen LogP contribution in [0, 0.1) is 0 Å². The molecule has 0 unspecified atom stereocenters. The van der Waals surface area contributed by atoms with E-state index in [9.17, 15) is 4.79 Å². The number of carbonyl (C=O) groups is 1. The molecular weight excluding hydrogens is 364 g/mol. The van der Waals surface area contributed by atoms with Crippen molar-refractivity contribution < 1.29 is 9.21 Å². The molecule has 0 aliphatic rings. The van der Waals surface area contributed by atoms with Gasteiger partial charge in [0, 0.05) is 5.56 Å². The van der Waals surface area contributed by atoms with Crippen molar-refractivity contribution in [3.63, 3.8) is 0 Å². The van der Waals surface area contributed by atoms with Gasteiger partial charge in [0.2, 0.25) is 5.82 Å². The van der Waals surface area contributed by atoms with Crippen molar-refractivity contribution in [3.8, 4) is 11.4 Å². The highest BCUT2D eigenvalue weighted by atomic mass is 79.9. The number of carbonyl (C=O) groups excluding carboxylic acids is 1. The van der Waals surface area contributed by atoms with Crippen LogP contribution < -0.4 is 5.43 Å². The minimum atomic E-state index is -0.371. The monoisotopic (exact) mass is 374 g/mol. The summed E-state index contributed by atoms with van der Waals surface area (Å²) in [5.41, 5.74) is 3.20. The molecular formula is C14H11BrN6O2. The number of hydrazone groups is 1. The van der Waals surface area contributed by atoms with E-state index in [1.807, 2.05) is 30.3 Å². The third kappa shape index (κ3) is 4.10. The molecule has 1 aromatic carbocycles. The predicted octanol–water partition coefficient (Wildman–Crippen LogP) is 1.85. The van der Waals surface area contributed by atoms with Crippen LogP contribution in [-0.4, -0.2) is 32.3 Å². The van der Waals surface area contributed by atoms with E-state index in [4.69, 9.17) is 4.42 Å². The molecule has 0 radical (unpaired) electrons. The molecule has 0 fully saturated rings. The zero-order valence-corrected chi connectivity index (χ0v) is 13.3. The topological polar surface area (TPSA) is 98.2 Å². The first-order valence-corrected chi connectivity index (χ1v) is 7.40. The van der Waals surface area contributed by atoms with E-state index in [0.717, 1.165) is 5.56 Å². The molecule has 0 saturated carbocycles. The zero-order chi connectivity index (χ0) is 16.1. The maximum absolute atomic E-state index is 11.8. The quantitative estimate of drug-likeness (QED) is 0.542. The van der Waals surface area contributed by atoms with Crippen LogP contribution in [0.3, 0.4) is 0 Å². The summed E-state index contributed by atoms with van der Waals surface area (Å²) < 4.78 is 5.80. The molecule has 3 aromatic rings. The molecule has 2 heterocycles. The molecule has 3 rings (SSSR count). The van der Waals surface area contributed by atoms with E-state index in [1.165, 1.54) is 11.0 Å². The van der Waals surface area contributed by atoms with E-state index < -0.39 is 0 Å². The number of benzene rings is 1. The van der Waals surface area contributed by atoms with E-state index in [-0.39, 0.29) is 12.5 Å². The van der Waals surface area contributed by atoms with Gasteiger partial charge in [-0.1, -0.05) is 30.3 Å². The van der Waals surface area contributed by atoms with Crippen LogP contribution in [0.5, 0.6) is 0 Å². The lowest BCUT2D eigenvalue weighted by Gasteiger charge is -1.97. The molecule has 0 atom stereocenters. The number of aromatic nitrogens is 4. The van der Waals surface area contributed by atoms with Gasteiger partial charge in [0.1, 0.15) is 12.3 Å². The second-order valence-corrected chi connectivity index (χ2v) is 5.23. The Labute approximate surface area is 139 Å². The molecule has 8 nitrogen and oxygen atoms in total. The fourth-order valence-electron chi connectivity index (χ4n) is 1.74. The van der Waals surface area contributed by atoms with Crippen molar-refractivity contribution >= 4 is 28.1 Å². The van der Waals surface area contributed by atoms with Crippen LogP contribution in [0.15, 0.2) is 56.7 Å². The van der Waals surface area contributed by atoms with Crippen molar-refractivity contribution in [1.29, 1.82) is 0 Å². The Kier molecular flexibility index (Phi) is 4.57. The number of hydrogen-bond acceptors (Lipinski definition) is 6. The lowest BCUT2D eigenvalue weighted by molar-refractivity contribution is -0.122. The van der Waals surface area contributed by atoms with Gasteiger partial charge < -0.3 is 4.42 Å². The lowest BCUT2D eigenvalue weighted by Crippen LogP contribution is -2.24. The number of halogens is 1. The van der Waals surface area contributed by atoms with Crippen LogP contribution in [0.4, 0.5) is 0 Å². The second kappa shape index (κ2) is 6.97. The van der Waals surface area contributed by atoms with Crippen LogP contribution in [0.2, 0.25) is 0 Å². The first kappa shape index (κ1) is 15.1. The summed E-state index contributed by atoms with van der Waals surface area (Å²) in [6.07, 6.45) is 1.40. The zero-order valence-electron chi connectivity index (χ0n) is 11.8. The number of amides is 1. The van der Waals surface area contributed by atoms with Gasteiger partial charge in [-0.2, -0.15) is 9.90 Å². The van der Waals surface area contributed by atoms with Gasteiger partial charge >= 0.3 is 0 Å². The molecule has 1 N–H and O–H groups in total. The van der Waals surface area contributed by atoms with Crippen molar-refractivity contribution in [1.82, 2.24) is 25.6 Å². The molecule has 0 aliphatic heterocycles. The van der Waals surface area contributed by atoms with E-state index >= 15 is 0 Å². The maximum atomic E-state index is 11.8. The van der Waals surface area contributed by atoms with Gasteiger partial charge in [0.25, 0.3) is 5.91 Å². The standard InChI is InChI=1S/C14H11BrN6O2/c15-12-7-6-11(23-12)8-16-17-13(22)9-21-19-14(18-20-21)10-4-2-1-3-5-10/h1-8H,9H2,(H,17,22). The average molecular weight is 375 g/mol. The molecule has 2 aromatic heterocycles. The highest BCUT2D eigenvalue weighted by molar-refractivity contribution is 9.10. The number of nitrogens with zero attached hydrogens (tertiary/aromatic N) is 5. The fraction of sp³-hybridized carbons (Fsp3) is 0.0714. The van der Waals surface area contributed by atoms with Crippen molar-refractivity contribution in [2.24, 2.45) is 5.10 Å². The van der Waals surface area contributed by atoms with Crippen molar-refractivity contribution in [3.05, 3.63) is 52.9 Å². The number of tetrazole rings is 1. The summed E-state index contributed by atoms with van der Waals surface area (Å²) in [6, 6.07) is 12.8. The molecule has 0 bridgehead atoms. The Hall–Kier alpha value is -2.81. The first-order valence-electron chi connectivity index (χ1n) is 6.61. The molecule has 1 amide bonds. The van der Waals surface area contributed by atoms with Crippen LogP contribution >= 0.6 is 15.9 Å². The second-order valence-electron chi connectivity index (χ2n) is 4.44. The van der Waals surface area contributed by atoms with Gasteiger partial charge in [0.05, 0.1) is 6.21 Å². The average Bonchev–Trinajstić information content (AvgIpc) is 3.17. The van der Waals surface area contributed by atoms with Gasteiger partial charge in [-0.15, -0.1) is 10.2 Å². The Morgan fingerprint density at radius 2 is 2.13 bits per heavy atom. The van der Waals surface area contributed by atoms with E-state index in [0.29, 0.717) is 16.3 Å². The summed E-state index contributed by atoms with van der Waals surface area (Å²) >= 11 is 3.18. The Morgan fingerprint density at radius 1 is 1.30 bits per heavy atom. The third-order valence-corrected chi connectivity index (χ3v) is 3.17. The first-order chi connectivity index (χ1) is 11.2. The van der Waals surface area contributed by atoms with Gasteiger partial charge in [-0.3, -0.25) is 4.79 Å². The number of rotatable bonds is 5. The van der Waals surface area contributed by atoms with Crippen molar-refractivity contribution in [2.45, 2.75) is 6.54 Å². The van der Waals surface area contributed by atoms with E-state index in [2.05, 4.69) is 41.9 Å². The summed E-state index contributed by atoms with van der Waals surface area (Å²) in [5, 5.41) is 15.7. The van der Waals surface area contributed by atoms with E-state index in [1.54, 1.807) is 12.1 Å². The number of nitrogens with one attached hydrogen (secondary N) is 1. The van der Waals surface area contributed by atoms with Crippen LogP contribution in [0.1, 0.15) is 5.76 Å². The molecule has 23 heavy (non-hydrogen) atoms.